The molecular weight excluding hydrogens is 304 g/mol. The molecular formula is C19H18N2O3. The minimum Gasteiger partial charge on any atom is -0.436 e. The summed E-state index contributed by atoms with van der Waals surface area (Å²) in [5.74, 6) is 0.491. The van der Waals surface area contributed by atoms with Gasteiger partial charge in [-0.15, -0.1) is 0 Å². The smallest absolute Gasteiger partial charge is 0.253 e. The molecule has 1 fully saturated rings. The highest BCUT2D eigenvalue weighted by Crippen LogP contribution is 2.26. The van der Waals surface area contributed by atoms with Crippen molar-refractivity contribution in [3.05, 3.63) is 48.0 Å². The third-order valence-corrected chi connectivity index (χ3v) is 4.17. The fourth-order valence-corrected chi connectivity index (χ4v) is 2.86. The van der Waals surface area contributed by atoms with Crippen LogP contribution >= 0.6 is 0 Å². The summed E-state index contributed by atoms with van der Waals surface area (Å²) in [6.07, 6.45) is 1.39. The van der Waals surface area contributed by atoms with Crippen LogP contribution in [0.25, 0.3) is 22.6 Å². The molecule has 0 aliphatic carbocycles. The van der Waals surface area contributed by atoms with Gasteiger partial charge in [-0.25, -0.2) is 4.98 Å². The van der Waals surface area contributed by atoms with Crippen LogP contribution in [-0.4, -0.2) is 23.6 Å². The number of nitrogens with zero attached hydrogens (tertiary/aromatic N) is 1. The van der Waals surface area contributed by atoms with Crippen molar-refractivity contribution in [3.8, 4) is 11.5 Å². The van der Waals surface area contributed by atoms with Crippen molar-refractivity contribution >= 4 is 22.7 Å². The molecule has 0 saturated carbocycles. The van der Waals surface area contributed by atoms with Gasteiger partial charge in [0.15, 0.2) is 5.58 Å². The molecule has 1 N–H and O–H groups in total. The molecule has 5 nitrogen and oxygen atoms in total. The van der Waals surface area contributed by atoms with E-state index in [1.165, 1.54) is 0 Å². The fourth-order valence-electron chi connectivity index (χ4n) is 2.86. The second kappa shape index (κ2) is 6.09. The number of oxazole rings is 1. The Morgan fingerprint density at radius 2 is 2.04 bits per heavy atom. The predicted octanol–water partition coefficient (Wildman–Crippen LogP) is 3.92. The zero-order valence-corrected chi connectivity index (χ0v) is 13.4. The van der Waals surface area contributed by atoms with E-state index < -0.39 is 0 Å². The van der Waals surface area contributed by atoms with Crippen LogP contribution in [0.3, 0.4) is 0 Å². The third kappa shape index (κ3) is 2.90. The van der Waals surface area contributed by atoms with Gasteiger partial charge in [0, 0.05) is 17.9 Å². The minimum atomic E-state index is -0.329. The Bertz CT molecular complexity index is 877. The predicted molar refractivity (Wildman–Crippen MR) is 91.8 cm³/mol. The molecule has 2 heterocycles. The van der Waals surface area contributed by atoms with Crippen LogP contribution in [0.1, 0.15) is 18.4 Å². The lowest BCUT2D eigenvalue weighted by Crippen LogP contribution is -2.26. The van der Waals surface area contributed by atoms with Gasteiger partial charge in [-0.2, -0.15) is 0 Å². The number of ether oxygens (including phenoxy) is 1. The van der Waals surface area contributed by atoms with Crippen molar-refractivity contribution in [1.29, 1.82) is 0 Å². The number of amides is 1. The van der Waals surface area contributed by atoms with E-state index >= 15 is 0 Å². The van der Waals surface area contributed by atoms with Gasteiger partial charge in [0.25, 0.3) is 5.91 Å². The van der Waals surface area contributed by atoms with Crippen molar-refractivity contribution in [2.24, 2.45) is 0 Å². The third-order valence-electron chi connectivity index (χ3n) is 4.17. The van der Waals surface area contributed by atoms with E-state index in [0.29, 0.717) is 12.5 Å². The monoisotopic (exact) mass is 322 g/mol. The Morgan fingerprint density at radius 3 is 2.79 bits per heavy atom. The maximum Gasteiger partial charge on any atom is 0.253 e. The molecule has 0 spiro atoms. The van der Waals surface area contributed by atoms with Gasteiger partial charge in [0.05, 0.1) is 0 Å². The second-order valence-electron chi connectivity index (χ2n) is 6.06. The first-order chi connectivity index (χ1) is 11.7. The van der Waals surface area contributed by atoms with Gasteiger partial charge in [-0.05, 0) is 61.7 Å². The molecule has 4 rings (SSSR count). The molecule has 2 aromatic carbocycles. The van der Waals surface area contributed by atoms with Gasteiger partial charge < -0.3 is 14.5 Å². The zero-order chi connectivity index (χ0) is 16.5. The normalized spacial score (nSPS) is 17.3. The summed E-state index contributed by atoms with van der Waals surface area (Å²) >= 11 is 0. The maximum absolute atomic E-state index is 12.1. The lowest BCUT2D eigenvalue weighted by Gasteiger charge is -2.10. The van der Waals surface area contributed by atoms with Gasteiger partial charge in [-0.1, -0.05) is 6.07 Å². The van der Waals surface area contributed by atoms with E-state index in [2.05, 4.69) is 10.3 Å². The number of hydrogen-bond acceptors (Lipinski definition) is 4. The highest BCUT2D eigenvalue weighted by atomic mass is 16.5. The van der Waals surface area contributed by atoms with Crippen LogP contribution in [0.2, 0.25) is 0 Å². The standard InChI is InChI=1S/C19H18N2O3/c1-12-4-9-15-17(11-12)24-19(21-15)13-5-7-14(8-6-13)20-18(22)16-3-2-10-23-16/h4-9,11,16H,2-3,10H2,1H3,(H,20,22)/t16-/m0/s1. The number of carbonyl (C=O) groups excluding carboxylic acids is 1. The Hall–Kier alpha value is -2.66. The molecule has 1 aromatic heterocycles. The van der Waals surface area contributed by atoms with E-state index in [9.17, 15) is 4.79 Å². The Labute approximate surface area is 139 Å². The van der Waals surface area contributed by atoms with Crippen LogP contribution in [0.4, 0.5) is 5.69 Å². The van der Waals surface area contributed by atoms with Crippen LogP contribution in [0, 0.1) is 6.92 Å². The zero-order valence-electron chi connectivity index (χ0n) is 13.4. The van der Waals surface area contributed by atoms with E-state index in [4.69, 9.17) is 9.15 Å². The molecule has 24 heavy (non-hydrogen) atoms. The van der Waals surface area contributed by atoms with Crippen LogP contribution in [0.15, 0.2) is 46.9 Å². The summed E-state index contributed by atoms with van der Waals surface area (Å²) < 4.78 is 11.2. The van der Waals surface area contributed by atoms with Crippen molar-refractivity contribution in [1.82, 2.24) is 4.98 Å². The van der Waals surface area contributed by atoms with Gasteiger partial charge in [0.2, 0.25) is 5.89 Å². The number of fused-ring (bicyclic) bond motifs is 1. The first-order valence-electron chi connectivity index (χ1n) is 8.09. The second-order valence-corrected chi connectivity index (χ2v) is 6.06. The number of hydrogen-bond donors (Lipinski definition) is 1. The highest BCUT2D eigenvalue weighted by Gasteiger charge is 2.23. The van der Waals surface area contributed by atoms with E-state index in [0.717, 1.165) is 40.8 Å². The summed E-state index contributed by atoms with van der Waals surface area (Å²) in [7, 11) is 0. The largest absolute Gasteiger partial charge is 0.436 e. The number of aromatic nitrogens is 1. The van der Waals surface area contributed by atoms with E-state index in [-0.39, 0.29) is 12.0 Å². The molecule has 5 heteroatoms. The Balaban J connectivity index is 1.53. The minimum absolute atomic E-state index is 0.0856. The quantitative estimate of drug-likeness (QED) is 0.794. The molecule has 0 radical (unpaired) electrons. The molecule has 3 aromatic rings. The number of anilines is 1. The van der Waals surface area contributed by atoms with Crippen molar-refractivity contribution in [2.75, 3.05) is 11.9 Å². The molecule has 0 unspecified atom stereocenters. The lowest BCUT2D eigenvalue weighted by atomic mass is 10.2. The summed E-state index contributed by atoms with van der Waals surface area (Å²) in [5, 5.41) is 2.88. The lowest BCUT2D eigenvalue weighted by molar-refractivity contribution is -0.124. The number of nitrogens with one attached hydrogen (secondary N) is 1. The SMILES string of the molecule is Cc1ccc2nc(-c3ccc(NC(=O)[C@@H]4CCCO4)cc3)oc2c1. The van der Waals surface area contributed by atoms with E-state index in [1.54, 1.807) is 0 Å². The average molecular weight is 322 g/mol. The average Bonchev–Trinajstić information content (AvgIpc) is 3.24. The first kappa shape index (κ1) is 14.9. The van der Waals surface area contributed by atoms with Gasteiger partial charge >= 0.3 is 0 Å². The molecule has 122 valence electrons. The number of rotatable bonds is 3. The fraction of sp³-hybridized carbons (Fsp3) is 0.263. The van der Waals surface area contributed by atoms with Crippen molar-refractivity contribution < 1.29 is 13.9 Å². The molecule has 1 atom stereocenters. The summed E-state index contributed by atoms with van der Waals surface area (Å²) in [6, 6.07) is 13.4. The Kier molecular flexibility index (Phi) is 3.78. The van der Waals surface area contributed by atoms with E-state index in [1.807, 2.05) is 49.4 Å². The van der Waals surface area contributed by atoms with Crippen LogP contribution in [0.5, 0.6) is 0 Å². The molecule has 1 aliphatic rings. The topological polar surface area (TPSA) is 64.4 Å². The van der Waals surface area contributed by atoms with Gasteiger partial charge in [-0.3, -0.25) is 4.79 Å². The maximum atomic E-state index is 12.1. The molecule has 1 amide bonds. The summed E-state index contributed by atoms with van der Waals surface area (Å²) in [6.45, 7) is 2.68. The van der Waals surface area contributed by atoms with Gasteiger partial charge in [0.1, 0.15) is 11.6 Å². The summed E-state index contributed by atoms with van der Waals surface area (Å²) in [4.78, 5) is 16.6. The first-order valence-corrected chi connectivity index (χ1v) is 8.09. The number of carbonyl (C=O) groups is 1. The number of aryl methyl sites for hydroxylation is 1. The van der Waals surface area contributed by atoms with Crippen LogP contribution in [-0.2, 0) is 9.53 Å². The Morgan fingerprint density at radius 1 is 1.21 bits per heavy atom. The summed E-state index contributed by atoms with van der Waals surface area (Å²) in [5.41, 5.74) is 4.37. The molecule has 1 aliphatic heterocycles. The van der Waals surface area contributed by atoms with Crippen LogP contribution < -0.4 is 5.32 Å². The number of benzene rings is 2. The van der Waals surface area contributed by atoms with Crippen molar-refractivity contribution in [2.45, 2.75) is 25.9 Å². The molecule has 1 saturated heterocycles. The highest BCUT2D eigenvalue weighted by molar-refractivity contribution is 5.94. The molecule has 0 bridgehead atoms. The van der Waals surface area contributed by atoms with Crippen molar-refractivity contribution in [3.63, 3.8) is 0 Å².